The Morgan fingerprint density at radius 1 is 1.47 bits per heavy atom. The maximum atomic E-state index is 10.8. The summed E-state index contributed by atoms with van der Waals surface area (Å²) in [4.78, 5) is 15.3. The average molecular weight is 249 g/mol. The van der Waals surface area contributed by atoms with Crippen LogP contribution in [0.15, 0.2) is 29.2 Å². The molecule has 0 aliphatic rings. The number of carbonyl (C=O) groups is 1. The molecule has 0 spiro atoms. The van der Waals surface area contributed by atoms with E-state index in [0.29, 0.717) is 5.75 Å². The second kappa shape index (κ2) is 4.84. The Kier molecular flexibility index (Phi) is 3.43. The first kappa shape index (κ1) is 12.0. The lowest BCUT2D eigenvalue weighted by molar-refractivity contribution is -0.140. The number of carboxylic acid groups (broad SMARTS) is 1. The molecule has 0 radical (unpaired) electrons. The van der Waals surface area contributed by atoms with Crippen molar-refractivity contribution in [3.63, 3.8) is 0 Å². The number of benzene rings is 1. The third-order valence-corrected chi connectivity index (χ3v) is 4.22. The molecular weight excluding hydrogens is 234 g/mol. The number of aliphatic carboxylic acids is 1. The second-order valence-electron chi connectivity index (χ2n) is 4.17. The first-order chi connectivity index (χ1) is 8.09. The second-order valence-corrected chi connectivity index (χ2v) is 5.21. The summed E-state index contributed by atoms with van der Waals surface area (Å²) in [6.07, 6.45) is 0. The molecule has 1 heterocycles. The SMILES string of the molecule is Cc1[nH]c2ccccc2c1SCC(C)C(=O)O. The summed E-state index contributed by atoms with van der Waals surface area (Å²) in [7, 11) is 0. The number of rotatable bonds is 4. The van der Waals surface area contributed by atoms with Gasteiger partial charge >= 0.3 is 5.97 Å². The largest absolute Gasteiger partial charge is 0.481 e. The van der Waals surface area contributed by atoms with Gasteiger partial charge in [0.2, 0.25) is 0 Å². The predicted molar refractivity (Wildman–Crippen MR) is 70.6 cm³/mol. The normalized spacial score (nSPS) is 12.8. The number of para-hydroxylation sites is 1. The first-order valence-electron chi connectivity index (χ1n) is 5.52. The van der Waals surface area contributed by atoms with E-state index in [1.165, 1.54) is 5.39 Å². The molecule has 0 amide bonds. The van der Waals surface area contributed by atoms with E-state index in [2.05, 4.69) is 11.1 Å². The summed E-state index contributed by atoms with van der Waals surface area (Å²) in [6, 6.07) is 8.09. The Balaban J connectivity index is 2.23. The van der Waals surface area contributed by atoms with Gasteiger partial charge in [0, 0.05) is 27.2 Å². The summed E-state index contributed by atoms with van der Waals surface area (Å²) in [5.41, 5.74) is 2.21. The Morgan fingerprint density at radius 3 is 2.88 bits per heavy atom. The molecule has 2 N–H and O–H groups in total. The Labute approximate surface area is 104 Å². The van der Waals surface area contributed by atoms with Crippen LogP contribution in [-0.4, -0.2) is 21.8 Å². The van der Waals surface area contributed by atoms with Crippen molar-refractivity contribution in [1.82, 2.24) is 4.98 Å². The summed E-state index contributed by atoms with van der Waals surface area (Å²) in [5, 5.41) is 10.0. The number of hydrogen-bond acceptors (Lipinski definition) is 2. The molecule has 0 bridgehead atoms. The predicted octanol–water partition coefficient (Wildman–Crippen LogP) is 3.29. The van der Waals surface area contributed by atoms with Gasteiger partial charge in [0.1, 0.15) is 0 Å². The standard InChI is InChI=1S/C13H15NO2S/c1-8(13(15)16)7-17-12-9(2)14-11-6-4-3-5-10(11)12/h3-6,8,14H,7H2,1-2H3,(H,15,16). The molecule has 2 rings (SSSR count). The van der Waals surface area contributed by atoms with Crippen LogP contribution < -0.4 is 0 Å². The van der Waals surface area contributed by atoms with Gasteiger partial charge in [-0.3, -0.25) is 4.79 Å². The number of thioether (sulfide) groups is 1. The highest BCUT2D eigenvalue weighted by atomic mass is 32.2. The molecule has 0 saturated carbocycles. The molecule has 3 nitrogen and oxygen atoms in total. The number of H-pyrrole nitrogens is 1. The van der Waals surface area contributed by atoms with Gasteiger partial charge in [0.15, 0.2) is 0 Å². The maximum absolute atomic E-state index is 10.8. The van der Waals surface area contributed by atoms with Crippen molar-refractivity contribution >= 4 is 28.6 Å². The quantitative estimate of drug-likeness (QED) is 0.817. The molecule has 0 fully saturated rings. The minimum Gasteiger partial charge on any atom is -0.481 e. The third kappa shape index (κ3) is 2.47. The number of aryl methyl sites for hydroxylation is 1. The van der Waals surface area contributed by atoms with Gasteiger partial charge in [-0.05, 0) is 13.0 Å². The van der Waals surface area contributed by atoms with Gasteiger partial charge in [-0.1, -0.05) is 25.1 Å². The Bertz CT molecular complexity index is 547. The zero-order valence-corrected chi connectivity index (χ0v) is 10.7. The molecule has 1 atom stereocenters. The first-order valence-corrected chi connectivity index (χ1v) is 6.51. The fourth-order valence-electron chi connectivity index (χ4n) is 1.72. The number of nitrogens with one attached hydrogen (secondary N) is 1. The van der Waals surface area contributed by atoms with E-state index in [9.17, 15) is 4.79 Å². The van der Waals surface area contributed by atoms with Crippen LogP contribution in [-0.2, 0) is 4.79 Å². The fraction of sp³-hybridized carbons (Fsp3) is 0.308. The van der Waals surface area contributed by atoms with Crippen molar-refractivity contribution in [2.75, 3.05) is 5.75 Å². The smallest absolute Gasteiger partial charge is 0.307 e. The number of fused-ring (bicyclic) bond motifs is 1. The number of hydrogen-bond donors (Lipinski definition) is 2. The zero-order valence-electron chi connectivity index (χ0n) is 9.86. The minimum absolute atomic E-state index is 0.326. The Hall–Kier alpha value is -1.42. The van der Waals surface area contributed by atoms with Crippen molar-refractivity contribution in [3.05, 3.63) is 30.0 Å². The highest BCUT2D eigenvalue weighted by Gasteiger charge is 2.14. The van der Waals surface area contributed by atoms with Crippen LogP contribution in [0.3, 0.4) is 0 Å². The van der Waals surface area contributed by atoms with E-state index in [1.807, 2.05) is 25.1 Å². The van der Waals surface area contributed by atoms with Crippen molar-refractivity contribution in [3.8, 4) is 0 Å². The molecule has 0 aliphatic heterocycles. The van der Waals surface area contributed by atoms with Gasteiger partial charge < -0.3 is 10.1 Å². The van der Waals surface area contributed by atoms with Crippen LogP contribution in [0.25, 0.3) is 10.9 Å². The summed E-state index contributed by atoms with van der Waals surface area (Å²) < 4.78 is 0. The summed E-state index contributed by atoms with van der Waals surface area (Å²) >= 11 is 1.61. The number of carboxylic acids is 1. The van der Waals surface area contributed by atoms with Crippen LogP contribution in [0.1, 0.15) is 12.6 Å². The van der Waals surface area contributed by atoms with Crippen LogP contribution in [0.2, 0.25) is 0 Å². The molecule has 4 heteroatoms. The van der Waals surface area contributed by atoms with Crippen molar-refractivity contribution in [2.24, 2.45) is 5.92 Å². The average Bonchev–Trinajstić information content (AvgIpc) is 2.61. The molecule has 1 aromatic heterocycles. The number of aromatic amines is 1. The summed E-state index contributed by atoms with van der Waals surface area (Å²) in [6.45, 7) is 3.76. The zero-order chi connectivity index (χ0) is 12.4. The van der Waals surface area contributed by atoms with Crippen LogP contribution in [0, 0.1) is 12.8 Å². The molecular formula is C13H15NO2S. The molecule has 1 unspecified atom stereocenters. The monoisotopic (exact) mass is 249 g/mol. The van der Waals surface area contributed by atoms with Gasteiger partial charge in [0.05, 0.1) is 5.92 Å². The van der Waals surface area contributed by atoms with Gasteiger partial charge in [-0.2, -0.15) is 0 Å². The fourth-order valence-corrected chi connectivity index (χ4v) is 2.88. The van der Waals surface area contributed by atoms with E-state index in [0.717, 1.165) is 16.1 Å². The lowest BCUT2D eigenvalue weighted by Crippen LogP contribution is -2.11. The molecule has 17 heavy (non-hydrogen) atoms. The lowest BCUT2D eigenvalue weighted by Gasteiger charge is -2.05. The summed E-state index contributed by atoms with van der Waals surface area (Å²) in [5.74, 6) is -0.471. The minimum atomic E-state index is -0.741. The van der Waals surface area contributed by atoms with Gasteiger partial charge in [-0.25, -0.2) is 0 Å². The highest BCUT2D eigenvalue weighted by molar-refractivity contribution is 7.99. The van der Waals surface area contributed by atoms with Crippen molar-refractivity contribution in [1.29, 1.82) is 0 Å². The number of aromatic nitrogens is 1. The van der Waals surface area contributed by atoms with Gasteiger partial charge in [-0.15, -0.1) is 11.8 Å². The van der Waals surface area contributed by atoms with E-state index >= 15 is 0 Å². The molecule has 0 aliphatic carbocycles. The topological polar surface area (TPSA) is 53.1 Å². The Morgan fingerprint density at radius 2 is 2.18 bits per heavy atom. The molecule has 1 aromatic carbocycles. The molecule has 90 valence electrons. The highest BCUT2D eigenvalue weighted by Crippen LogP contribution is 2.32. The molecule has 0 saturated heterocycles. The van der Waals surface area contributed by atoms with E-state index < -0.39 is 5.97 Å². The van der Waals surface area contributed by atoms with Crippen LogP contribution in [0.4, 0.5) is 0 Å². The maximum Gasteiger partial charge on any atom is 0.307 e. The lowest BCUT2D eigenvalue weighted by atomic mass is 10.2. The third-order valence-electron chi connectivity index (χ3n) is 2.73. The van der Waals surface area contributed by atoms with Crippen LogP contribution in [0.5, 0.6) is 0 Å². The van der Waals surface area contributed by atoms with E-state index in [-0.39, 0.29) is 5.92 Å². The van der Waals surface area contributed by atoms with E-state index in [4.69, 9.17) is 5.11 Å². The van der Waals surface area contributed by atoms with Crippen LogP contribution >= 0.6 is 11.8 Å². The van der Waals surface area contributed by atoms with Crippen molar-refractivity contribution < 1.29 is 9.90 Å². The van der Waals surface area contributed by atoms with Gasteiger partial charge in [0.25, 0.3) is 0 Å². The van der Waals surface area contributed by atoms with Crippen molar-refractivity contribution in [2.45, 2.75) is 18.7 Å². The molecule has 2 aromatic rings. The van der Waals surface area contributed by atoms with E-state index in [1.54, 1.807) is 18.7 Å².